The zero-order chi connectivity index (χ0) is 9.97. The van der Waals surface area contributed by atoms with Gasteiger partial charge in [-0.3, -0.25) is 0 Å². The first kappa shape index (κ1) is 9.77. The number of carbonyl (C=O) groups is 1. The van der Waals surface area contributed by atoms with E-state index in [2.05, 4.69) is 22.9 Å². The molecule has 4 heteroatoms. The van der Waals surface area contributed by atoms with Crippen LogP contribution < -0.4 is 16.0 Å². The van der Waals surface area contributed by atoms with Crippen molar-refractivity contribution < 1.29 is 4.79 Å². The van der Waals surface area contributed by atoms with Gasteiger partial charge < -0.3 is 16.0 Å². The van der Waals surface area contributed by atoms with Gasteiger partial charge in [0.05, 0.1) is 0 Å². The van der Waals surface area contributed by atoms with Crippen LogP contribution in [0.25, 0.3) is 0 Å². The first-order valence-electron chi connectivity index (χ1n) is 5.53. The Labute approximate surface area is 84.8 Å². The maximum atomic E-state index is 11.5. The third-order valence-corrected chi connectivity index (χ3v) is 3.06. The van der Waals surface area contributed by atoms with E-state index < -0.39 is 0 Å². The molecule has 2 amide bonds. The summed E-state index contributed by atoms with van der Waals surface area (Å²) in [4.78, 5) is 11.5. The van der Waals surface area contributed by atoms with E-state index in [4.69, 9.17) is 0 Å². The highest BCUT2D eigenvalue weighted by Gasteiger charge is 2.26. The lowest BCUT2D eigenvalue weighted by Crippen LogP contribution is -2.53. The maximum absolute atomic E-state index is 11.5. The van der Waals surface area contributed by atoms with Crippen molar-refractivity contribution in [3.8, 4) is 0 Å². The van der Waals surface area contributed by atoms with E-state index in [1.807, 2.05) is 0 Å². The highest BCUT2D eigenvalue weighted by molar-refractivity contribution is 5.75. The molecule has 80 valence electrons. The first-order chi connectivity index (χ1) is 6.75. The van der Waals surface area contributed by atoms with Crippen molar-refractivity contribution >= 4 is 6.03 Å². The van der Waals surface area contributed by atoms with Crippen LogP contribution in [0.5, 0.6) is 0 Å². The quantitative estimate of drug-likeness (QED) is 0.602. The van der Waals surface area contributed by atoms with E-state index >= 15 is 0 Å². The van der Waals surface area contributed by atoms with Gasteiger partial charge in [-0.1, -0.05) is 6.92 Å². The van der Waals surface area contributed by atoms with Crippen LogP contribution in [0.4, 0.5) is 4.79 Å². The average molecular weight is 197 g/mol. The van der Waals surface area contributed by atoms with E-state index in [0.717, 1.165) is 32.4 Å². The van der Waals surface area contributed by atoms with Crippen molar-refractivity contribution in [2.45, 2.75) is 38.3 Å². The van der Waals surface area contributed by atoms with Crippen molar-refractivity contribution in [1.82, 2.24) is 16.0 Å². The number of piperidine rings is 1. The van der Waals surface area contributed by atoms with Gasteiger partial charge in [-0.15, -0.1) is 0 Å². The molecule has 2 aliphatic rings. The third kappa shape index (κ3) is 2.61. The Bertz CT molecular complexity index is 215. The van der Waals surface area contributed by atoms with Gasteiger partial charge in [-0.2, -0.15) is 0 Å². The molecule has 0 spiro atoms. The van der Waals surface area contributed by atoms with Crippen molar-refractivity contribution in [2.75, 3.05) is 13.1 Å². The van der Waals surface area contributed by atoms with Crippen molar-refractivity contribution in [3.05, 3.63) is 0 Å². The fourth-order valence-corrected chi connectivity index (χ4v) is 1.81. The zero-order valence-corrected chi connectivity index (χ0v) is 8.68. The second-order valence-corrected chi connectivity index (χ2v) is 4.47. The third-order valence-electron chi connectivity index (χ3n) is 3.06. The number of hydrogen-bond donors (Lipinski definition) is 3. The maximum Gasteiger partial charge on any atom is 0.315 e. The molecular formula is C10H19N3O. The lowest BCUT2D eigenvalue weighted by atomic mass is 9.95. The molecule has 2 atom stereocenters. The highest BCUT2D eigenvalue weighted by atomic mass is 16.2. The summed E-state index contributed by atoms with van der Waals surface area (Å²) in [6.07, 6.45) is 3.44. The Balaban J connectivity index is 1.73. The van der Waals surface area contributed by atoms with Crippen molar-refractivity contribution in [3.63, 3.8) is 0 Å². The second-order valence-electron chi connectivity index (χ2n) is 4.47. The van der Waals surface area contributed by atoms with Crippen molar-refractivity contribution in [2.24, 2.45) is 5.92 Å². The van der Waals surface area contributed by atoms with Crippen LogP contribution in [0, 0.1) is 5.92 Å². The minimum Gasteiger partial charge on any atom is -0.335 e. The summed E-state index contributed by atoms with van der Waals surface area (Å²) < 4.78 is 0. The molecule has 0 aromatic rings. The molecule has 1 aliphatic heterocycles. The average Bonchev–Trinajstić information content (AvgIpc) is 2.93. The minimum atomic E-state index is 0.00745. The summed E-state index contributed by atoms with van der Waals surface area (Å²) in [6.45, 7) is 4.17. The molecule has 0 aromatic heterocycles. The van der Waals surface area contributed by atoms with E-state index in [1.54, 1.807) is 0 Å². The van der Waals surface area contributed by atoms with Crippen LogP contribution in [0.1, 0.15) is 26.2 Å². The molecule has 0 aromatic carbocycles. The summed E-state index contributed by atoms with van der Waals surface area (Å²) in [5, 5.41) is 9.27. The Hall–Kier alpha value is -0.770. The summed E-state index contributed by atoms with van der Waals surface area (Å²) in [5.41, 5.74) is 0. The number of carbonyl (C=O) groups excluding carboxylic acids is 1. The zero-order valence-electron chi connectivity index (χ0n) is 8.68. The highest BCUT2D eigenvalue weighted by Crippen LogP contribution is 2.18. The van der Waals surface area contributed by atoms with Gasteiger partial charge in [0.1, 0.15) is 0 Å². The Kier molecular flexibility index (Phi) is 2.91. The van der Waals surface area contributed by atoms with Crippen LogP contribution in [0.2, 0.25) is 0 Å². The summed E-state index contributed by atoms with van der Waals surface area (Å²) in [7, 11) is 0. The Morgan fingerprint density at radius 2 is 2.07 bits per heavy atom. The van der Waals surface area contributed by atoms with E-state index in [0.29, 0.717) is 18.0 Å². The van der Waals surface area contributed by atoms with Crippen LogP contribution in [0.15, 0.2) is 0 Å². The largest absolute Gasteiger partial charge is 0.335 e. The van der Waals surface area contributed by atoms with Gasteiger partial charge in [0.25, 0.3) is 0 Å². The molecule has 2 unspecified atom stereocenters. The van der Waals surface area contributed by atoms with Gasteiger partial charge >= 0.3 is 6.03 Å². The van der Waals surface area contributed by atoms with Gasteiger partial charge in [-0.05, 0) is 31.7 Å². The molecule has 2 rings (SSSR count). The normalized spacial score (nSPS) is 32.4. The Morgan fingerprint density at radius 3 is 2.71 bits per heavy atom. The van der Waals surface area contributed by atoms with Gasteiger partial charge in [0.2, 0.25) is 0 Å². The molecule has 1 saturated carbocycles. The molecule has 3 N–H and O–H groups in total. The molecule has 4 nitrogen and oxygen atoms in total. The van der Waals surface area contributed by atoms with Gasteiger partial charge in [0, 0.05) is 18.6 Å². The minimum absolute atomic E-state index is 0.00745. The number of rotatable bonds is 2. The van der Waals surface area contributed by atoms with Crippen LogP contribution in [-0.2, 0) is 0 Å². The van der Waals surface area contributed by atoms with Gasteiger partial charge in [-0.25, -0.2) is 4.79 Å². The molecule has 14 heavy (non-hydrogen) atoms. The molecule has 0 bridgehead atoms. The van der Waals surface area contributed by atoms with Crippen LogP contribution >= 0.6 is 0 Å². The molecule has 2 fully saturated rings. The number of amides is 2. The number of hydrogen-bond acceptors (Lipinski definition) is 2. The topological polar surface area (TPSA) is 53.2 Å². The molecule has 1 heterocycles. The van der Waals surface area contributed by atoms with E-state index in [-0.39, 0.29) is 6.03 Å². The fourth-order valence-electron chi connectivity index (χ4n) is 1.81. The second kappa shape index (κ2) is 4.17. The Morgan fingerprint density at radius 1 is 1.29 bits per heavy atom. The van der Waals surface area contributed by atoms with E-state index in [1.165, 1.54) is 0 Å². The predicted octanol–water partition coefficient (Wildman–Crippen LogP) is 0.446. The summed E-state index contributed by atoms with van der Waals surface area (Å²) >= 11 is 0. The van der Waals surface area contributed by atoms with Crippen LogP contribution in [0.3, 0.4) is 0 Å². The lowest BCUT2D eigenvalue weighted by molar-refractivity contribution is 0.224. The van der Waals surface area contributed by atoms with Gasteiger partial charge in [0.15, 0.2) is 0 Å². The smallest absolute Gasteiger partial charge is 0.315 e. The van der Waals surface area contributed by atoms with Crippen LogP contribution in [-0.4, -0.2) is 31.2 Å². The number of urea groups is 1. The predicted molar refractivity (Wildman–Crippen MR) is 55.1 cm³/mol. The lowest BCUT2D eigenvalue weighted by Gasteiger charge is -2.30. The summed E-state index contributed by atoms with van der Waals surface area (Å²) in [5.74, 6) is 0.584. The summed E-state index contributed by atoms with van der Waals surface area (Å²) in [6, 6.07) is 0.748. The molecular weight excluding hydrogens is 178 g/mol. The first-order valence-corrected chi connectivity index (χ1v) is 5.53. The standard InChI is InChI=1S/C10H19N3O/c1-7-4-5-11-6-9(7)13-10(14)12-8-2-3-8/h7-9,11H,2-6H2,1H3,(H2,12,13,14). The monoisotopic (exact) mass is 197 g/mol. The van der Waals surface area contributed by atoms with Crippen molar-refractivity contribution in [1.29, 1.82) is 0 Å². The SMILES string of the molecule is CC1CCNCC1NC(=O)NC1CC1. The molecule has 1 saturated heterocycles. The van der Waals surface area contributed by atoms with E-state index in [9.17, 15) is 4.79 Å². The molecule has 0 radical (unpaired) electrons. The fraction of sp³-hybridized carbons (Fsp3) is 0.900. The number of nitrogens with one attached hydrogen (secondary N) is 3. The molecule has 1 aliphatic carbocycles.